The van der Waals surface area contributed by atoms with E-state index in [9.17, 15) is 4.79 Å². The van der Waals surface area contributed by atoms with Crippen LogP contribution in [0.3, 0.4) is 0 Å². The molecule has 2 atom stereocenters. The average molecular weight is 346 g/mol. The van der Waals surface area contributed by atoms with E-state index in [0.717, 1.165) is 36.1 Å². The van der Waals surface area contributed by atoms with Crippen molar-refractivity contribution < 1.29 is 4.79 Å². The van der Waals surface area contributed by atoms with Gasteiger partial charge in [-0.2, -0.15) is 0 Å². The molecule has 1 aromatic rings. The first-order valence-corrected chi connectivity index (χ1v) is 7.31. The molecule has 3 rings (SSSR count). The lowest BCUT2D eigenvalue weighted by Gasteiger charge is -2.35. The Kier molecular flexibility index (Phi) is 4.87. The first kappa shape index (κ1) is 14.8. The van der Waals surface area contributed by atoms with Gasteiger partial charge in [0.2, 0.25) is 0 Å². The molecule has 0 aliphatic carbocycles. The molecule has 1 aromatic carbocycles. The summed E-state index contributed by atoms with van der Waals surface area (Å²) in [5.41, 5.74) is 0.786. The number of amides is 1. The number of fused-ring (bicyclic) bond motifs is 1. The van der Waals surface area contributed by atoms with Crippen LogP contribution in [0.25, 0.3) is 0 Å². The zero-order valence-electron chi connectivity index (χ0n) is 10.6. The summed E-state index contributed by atoms with van der Waals surface area (Å²) in [5, 5.41) is 3.52. The van der Waals surface area contributed by atoms with Crippen LogP contribution >= 0.6 is 28.3 Å². The minimum absolute atomic E-state index is 0. The molecule has 1 N–H and O–H groups in total. The molecule has 104 valence electrons. The SMILES string of the molecule is Cl.O=C(c1cccc(Br)c1)N1CCC2NCCC2C1. The summed E-state index contributed by atoms with van der Waals surface area (Å²) in [6, 6.07) is 8.30. The number of carbonyl (C=O) groups excluding carboxylic acids is 1. The predicted octanol–water partition coefficient (Wildman–Crippen LogP) is 2.69. The zero-order chi connectivity index (χ0) is 12.5. The largest absolute Gasteiger partial charge is 0.338 e. The smallest absolute Gasteiger partial charge is 0.253 e. The highest BCUT2D eigenvalue weighted by Crippen LogP contribution is 2.25. The van der Waals surface area contributed by atoms with Gasteiger partial charge in [-0.1, -0.05) is 22.0 Å². The van der Waals surface area contributed by atoms with Gasteiger partial charge < -0.3 is 10.2 Å². The predicted molar refractivity (Wildman–Crippen MR) is 81.8 cm³/mol. The second-order valence-electron chi connectivity index (χ2n) is 5.16. The lowest BCUT2D eigenvalue weighted by Crippen LogP contribution is -2.46. The second-order valence-corrected chi connectivity index (χ2v) is 6.08. The van der Waals surface area contributed by atoms with Gasteiger partial charge in [0.05, 0.1) is 0 Å². The fourth-order valence-corrected chi connectivity index (χ4v) is 3.44. The van der Waals surface area contributed by atoms with Crippen LogP contribution in [0.2, 0.25) is 0 Å². The maximum atomic E-state index is 12.4. The summed E-state index contributed by atoms with van der Waals surface area (Å²) in [7, 11) is 0. The third-order valence-corrected chi connectivity index (χ3v) is 4.51. The van der Waals surface area contributed by atoms with Gasteiger partial charge in [0.15, 0.2) is 0 Å². The summed E-state index contributed by atoms with van der Waals surface area (Å²) in [5.74, 6) is 0.816. The Morgan fingerprint density at radius 1 is 1.37 bits per heavy atom. The fraction of sp³-hybridized carbons (Fsp3) is 0.500. The molecule has 19 heavy (non-hydrogen) atoms. The summed E-state index contributed by atoms with van der Waals surface area (Å²) in [6.07, 6.45) is 2.29. The van der Waals surface area contributed by atoms with E-state index in [1.165, 1.54) is 6.42 Å². The Morgan fingerprint density at radius 2 is 2.21 bits per heavy atom. The third kappa shape index (κ3) is 3.12. The molecule has 0 bridgehead atoms. The van der Waals surface area contributed by atoms with Gasteiger partial charge in [-0.25, -0.2) is 0 Å². The van der Waals surface area contributed by atoms with Crippen LogP contribution in [-0.4, -0.2) is 36.5 Å². The van der Waals surface area contributed by atoms with Gasteiger partial charge in [-0.15, -0.1) is 12.4 Å². The highest BCUT2D eigenvalue weighted by molar-refractivity contribution is 9.10. The van der Waals surface area contributed by atoms with E-state index in [0.29, 0.717) is 12.0 Å². The number of piperidine rings is 1. The molecule has 2 aliphatic heterocycles. The summed E-state index contributed by atoms with van der Waals surface area (Å²) in [6.45, 7) is 2.89. The van der Waals surface area contributed by atoms with Crippen molar-refractivity contribution in [1.82, 2.24) is 10.2 Å². The lowest BCUT2D eigenvalue weighted by molar-refractivity contribution is 0.0662. The van der Waals surface area contributed by atoms with Gasteiger partial charge in [-0.3, -0.25) is 4.79 Å². The van der Waals surface area contributed by atoms with Crippen molar-refractivity contribution in [2.45, 2.75) is 18.9 Å². The molecule has 2 fully saturated rings. The summed E-state index contributed by atoms with van der Waals surface area (Å²) >= 11 is 3.42. The first-order valence-electron chi connectivity index (χ1n) is 6.52. The van der Waals surface area contributed by atoms with Crippen molar-refractivity contribution in [3.8, 4) is 0 Å². The van der Waals surface area contributed by atoms with Crippen LogP contribution in [0.1, 0.15) is 23.2 Å². The molecule has 5 heteroatoms. The Hall–Kier alpha value is -0.580. The number of likely N-dealkylation sites (tertiary alicyclic amines) is 1. The highest BCUT2D eigenvalue weighted by Gasteiger charge is 2.34. The number of hydrogen-bond donors (Lipinski definition) is 1. The number of carbonyl (C=O) groups is 1. The van der Waals surface area contributed by atoms with E-state index in [1.807, 2.05) is 29.2 Å². The molecule has 0 saturated carbocycles. The maximum Gasteiger partial charge on any atom is 0.253 e. The van der Waals surface area contributed by atoms with Crippen molar-refractivity contribution in [3.05, 3.63) is 34.3 Å². The van der Waals surface area contributed by atoms with Gasteiger partial charge in [0.25, 0.3) is 5.91 Å². The van der Waals surface area contributed by atoms with Crippen molar-refractivity contribution in [1.29, 1.82) is 0 Å². The molecule has 1 amide bonds. The molecular formula is C14H18BrClN2O. The molecule has 2 unspecified atom stereocenters. The van der Waals surface area contributed by atoms with Crippen molar-refractivity contribution in [2.24, 2.45) is 5.92 Å². The molecule has 2 saturated heterocycles. The first-order chi connectivity index (χ1) is 8.74. The maximum absolute atomic E-state index is 12.4. The highest BCUT2D eigenvalue weighted by atomic mass is 79.9. The van der Waals surface area contributed by atoms with Crippen molar-refractivity contribution in [2.75, 3.05) is 19.6 Å². The topological polar surface area (TPSA) is 32.3 Å². The molecule has 0 aromatic heterocycles. The number of benzene rings is 1. The quantitative estimate of drug-likeness (QED) is 0.849. The van der Waals surface area contributed by atoms with Gasteiger partial charge >= 0.3 is 0 Å². The third-order valence-electron chi connectivity index (χ3n) is 4.01. The van der Waals surface area contributed by atoms with E-state index >= 15 is 0 Å². The number of hydrogen-bond acceptors (Lipinski definition) is 2. The van der Waals surface area contributed by atoms with Crippen LogP contribution in [0, 0.1) is 5.92 Å². The van der Waals surface area contributed by atoms with Crippen molar-refractivity contribution in [3.63, 3.8) is 0 Å². The molecular weight excluding hydrogens is 328 g/mol. The van der Waals surface area contributed by atoms with E-state index in [4.69, 9.17) is 0 Å². The molecule has 0 spiro atoms. The normalized spacial score (nSPS) is 25.6. The molecule has 3 nitrogen and oxygen atoms in total. The van der Waals surface area contributed by atoms with Crippen LogP contribution in [0.15, 0.2) is 28.7 Å². The van der Waals surface area contributed by atoms with E-state index in [-0.39, 0.29) is 18.3 Å². The van der Waals surface area contributed by atoms with Gasteiger partial charge in [-0.05, 0) is 43.5 Å². The number of rotatable bonds is 1. The Bertz CT molecular complexity index is 469. The van der Waals surface area contributed by atoms with Crippen LogP contribution in [-0.2, 0) is 0 Å². The van der Waals surface area contributed by atoms with E-state index < -0.39 is 0 Å². The minimum atomic E-state index is 0. The second kappa shape index (κ2) is 6.25. The van der Waals surface area contributed by atoms with E-state index in [1.54, 1.807) is 0 Å². The number of halogens is 2. The molecule has 0 radical (unpaired) electrons. The Labute approximate surface area is 128 Å². The van der Waals surface area contributed by atoms with Crippen LogP contribution in [0.4, 0.5) is 0 Å². The van der Waals surface area contributed by atoms with Crippen LogP contribution < -0.4 is 5.32 Å². The van der Waals surface area contributed by atoms with Gasteiger partial charge in [0.1, 0.15) is 0 Å². The number of nitrogens with zero attached hydrogens (tertiary/aromatic N) is 1. The Balaban J connectivity index is 0.00000133. The summed E-state index contributed by atoms with van der Waals surface area (Å²) < 4.78 is 0.964. The standard InChI is InChI=1S/C14H17BrN2O.ClH/c15-12-3-1-2-10(8-12)14(18)17-7-5-13-11(9-17)4-6-16-13;/h1-3,8,11,13,16H,4-7,9H2;1H. The zero-order valence-corrected chi connectivity index (χ0v) is 13.0. The minimum Gasteiger partial charge on any atom is -0.338 e. The molecule has 2 heterocycles. The lowest BCUT2D eigenvalue weighted by atomic mass is 9.93. The Morgan fingerprint density at radius 3 is 3.00 bits per heavy atom. The van der Waals surface area contributed by atoms with E-state index in [2.05, 4.69) is 21.2 Å². The monoisotopic (exact) mass is 344 g/mol. The average Bonchev–Trinajstić information content (AvgIpc) is 2.85. The molecule has 2 aliphatic rings. The van der Waals surface area contributed by atoms with Gasteiger partial charge in [0, 0.05) is 29.2 Å². The fourth-order valence-electron chi connectivity index (χ4n) is 3.04. The van der Waals surface area contributed by atoms with Crippen LogP contribution in [0.5, 0.6) is 0 Å². The summed E-state index contributed by atoms with van der Waals surface area (Å²) in [4.78, 5) is 14.4. The van der Waals surface area contributed by atoms with Crippen molar-refractivity contribution >= 4 is 34.2 Å². The number of nitrogens with one attached hydrogen (secondary N) is 1.